The van der Waals surface area contributed by atoms with Crippen molar-refractivity contribution < 1.29 is 0 Å². The molecule has 0 bridgehead atoms. The van der Waals surface area contributed by atoms with Gasteiger partial charge in [-0.15, -0.1) is 0 Å². The molecule has 0 aliphatic carbocycles. The van der Waals surface area contributed by atoms with Crippen LogP contribution in [0.25, 0.3) is 0 Å². The zero-order valence-electron chi connectivity index (χ0n) is 3.68. The predicted molar refractivity (Wildman–Crippen MR) is 66.6 cm³/mol. The molecule has 0 nitrogen and oxygen atoms in total. The van der Waals surface area contributed by atoms with Crippen molar-refractivity contribution in [3.05, 3.63) is 0 Å². The summed E-state index contributed by atoms with van der Waals surface area (Å²) in [5.74, 6) is 0. The molecule has 0 radical (unpaired) electrons. The average molecular weight is 536 g/mol. The van der Waals surface area contributed by atoms with Gasteiger partial charge in [-0.2, -0.15) is 0 Å². The van der Waals surface area contributed by atoms with Gasteiger partial charge in [0.15, 0.2) is 2.95 Å². The summed E-state index contributed by atoms with van der Waals surface area (Å²) in [6.07, 6.45) is 0. The van der Waals surface area contributed by atoms with Gasteiger partial charge in [0.2, 0.25) is 0 Å². The van der Waals surface area contributed by atoms with Crippen LogP contribution in [-0.2, 0) is 0 Å². The Balaban J connectivity index is 3.75. The van der Waals surface area contributed by atoms with Crippen molar-refractivity contribution >= 4 is 107 Å². The fourth-order valence-corrected chi connectivity index (χ4v) is 10.6. The molecule has 0 aromatic heterocycles. The van der Waals surface area contributed by atoms with Crippen molar-refractivity contribution in [3.8, 4) is 0 Å². The van der Waals surface area contributed by atoms with E-state index < -0.39 is 0 Å². The Morgan fingerprint density at radius 1 is 0.667 bits per heavy atom. The molecule has 7 heteroatoms. The summed E-state index contributed by atoms with van der Waals surface area (Å²) in [5, 5.41) is 0. The molecule has 0 aliphatic rings. The predicted octanol–water partition coefficient (Wildman–Crippen LogP) is 5.31. The number of hydrogen-bond acceptors (Lipinski definition) is 1. The van der Waals surface area contributed by atoms with Gasteiger partial charge in [0.25, 0.3) is 0 Å². The SMILES string of the molecule is BrC(Br)(Br)SC(Br)(Br)Br. The first-order chi connectivity index (χ1) is 3.71. The Kier molecular flexibility index (Phi) is 6.06. The molecule has 0 heterocycles. The Hall–Kier alpha value is 3.23. The van der Waals surface area contributed by atoms with E-state index in [2.05, 4.69) is 95.6 Å². The molecule has 0 atom stereocenters. The van der Waals surface area contributed by atoms with Gasteiger partial charge < -0.3 is 0 Å². The molecule has 0 saturated heterocycles. The number of halogens is 6. The van der Waals surface area contributed by atoms with E-state index in [0.717, 1.165) is 0 Å². The lowest BCUT2D eigenvalue weighted by molar-refractivity contribution is 1.95. The molecule has 0 aromatic rings. The minimum Gasteiger partial charge on any atom is -0.0796 e. The van der Waals surface area contributed by atoms with Crippen LogP contribution in [0.1, 0.15) is 0 Å². The molecular weight excluding hydrogens is 536 g/mol. The first-order valence-corrected chi connectivity index (χ1v) is 7.12. The molecule has 0 amide bonds. The van der Waals surface area contributed by atoms with Crippen molar-refractivity contribution in [1.82, 2.24) is 0 Å². The fraction of sp³-hybridized carbons (Fsp3) is 1.00. The van der Waals surface area contributed by atoms with Crippen LogP contribution >= 0.6 is 107 Å². The second-order valence-electron chi connectivity index (χ2n) is 0.994. The van der Waals surface area contributed by atoms with Crippen molar-refractivity contribution in [2.24, 2.45) is 0 Å². The monoisotopic (exact) mass is 529 g/mol. The third-order valence-electron chi connectivity index (χ3n) is 0.231. The number of alkyl halides is 6. The summed E-state index contributed by atoms with van der Waals surface area (Å²) in [6.45, 7) is 0. The molecule has 0 aromatic carbocycles. The lowest BCUT2D eigenvalue weighted by Gasteiger charge is -2.18. The molecule has 0 N–H and O–H groups in total. The third kappa shape index (κ3) is 11.2. The minimum atomic E-state index is -0.302. The van der Waals surface area contributed by atoms with Crippen molar-refractivity contribution in [1.29, 1.82) is 0 Å². The molecule has 0 fully saturated rings. The highest BCUT2D eigenvalue weighted by Gasteiger charge is 2.30. The van der Waals surface area contributed by atoms with Gasteiger partial charge >= 0.3 is 0 Å². The average Bonchev–Trinajstić information content (AvgIpc) is 1.14. The van der Waals surface area contributed by atoms with E-state index in [1.807, 2.05) is 0 Å². The molecule has 0 saturated carbocycles. The van der Waals surface area contributed by atoms with Gasteiger partial charge in [-0.1, -0.05) is 11.8 Å². The van der Waals surface area contributed by atoms with E-state index in [4.69, 9.17) is 0 Å². The van der Waals surface area contributed by atoms with Crippen molar-refractivity contribution in [3.63, 3.8) is 0 Å². The number of thioether (sulfide) groups is 1. The van der Waals surface area contributed by atoms with E-state index >= 15 is 0 Å². The fourth-order valence-electron chi connectivity index (χ4n) is 0.131. The van der Waals surface area contributed by atoms with Crippen LogP contribution in [0.3, 0.4) is 0 Å². The van der Waals surface area contributed by atoms with Crippen LogP contribution in [0.4, 0.5) is 0 Å². The van der Waals surface area contributed by atoms with Gasteiger partial charge in [0.05, 0.1) is 0 Å². The first-order valence-electron chi connectivity index (χ1n) is 1.54. The van der Waals surface area contributed by atoms with Crippen LogP contribution in [0.5, 0.6) is 0 Å². The minimum absolute atomic E-state index is 0.302. The highest BCUT2D eigenvalue weighted by Crippen LogP contribution is 2.58. The Bertz CT molecular complexity index is 76.2. The normalized spacial score (nSPS) is 14.0. The van der Waals surface area contributed by atoms with E-state index in [1.54, 1.807) is 0 Å². The van der Waals surface area contributed by atoms with Gasteiger partial charge in [-0.25, -0.2) is 0 Å². The first kappa shape index (κ1) is 12.2. The van der Waals surface area contributed by atoms with Crippen LogP contribution < -0.4 is 0 Å². The Labute approximate surface area is 108 Å². The standard InChI is InChI=1S/C2Br6S/c3-1(4,5)9-2(6,7)8. The Morgan fingerprint density at radius 3 is 0.889 bits per heavy atom. The highest BCUT2D eigenvalue weighted by atomic mass is 80.0. The van der Waals surface area contributed by atoms with Crippen molar-refractivity contribution in [2.75, 3.05) is 0 Å². The molecule has 9 heavy (non-hydrogen) atoms. The maximum Gasteiger partial charge on any atom is 0.183 e. The summed E-state index contributed by atoms with van der Waals surface area (Å²) in [7, 11) is 0. The maximum absolute atomic E-state index is 3.32. The zero-order valence-corrected chi connectivity index (χ0v) is 14.0. The maximum atomic E-state index is 3.32. The van der Waals surface area contributed by atoms with E-state index in [-0.39, 0.29) is 2.95 Å². The second-order valence-corrected chi connectivity index (χ2v) is 19.1. The quantitative estimate of drug-likeness (QED) is 0.379. The van der Waals surface area contributed by atoms with E-state index in [1.165, 1.54) is 11.8 Å². The van der Waals surface area contributed by atoms with Crippen LogP contribution in [0, 0.1) is 0 Å². The lowest BCUT2D eigenvalue weighted by Crippen LogP contribution is -2.01. The second kappa shape index (κ2) is 4.46. The molecule has 0 unspecified atom stereocenters. The van der Waals surface area contributed by atoms with Crippen LogP contribution in [-0.4, -0.2) is 2.95 Å². The van der Waals surface area contributed by atoms with Gasteiger partial charge in [0.1, 0.15) is 0 Å². The molecular formula is C2Br6S. The molecule has 0 rings (SSSR count). The molecule has 0 aliphatic heterocycles. The largest absolute Gasteiger partial charge is 0.183 e. The summed E-state index contributed by atoms with van der Waals surface area (Å²) >= 11 is 21.4. The summed E-state index contributed by atoms with van der Waals surface area (Å²) in [4.78, 5) is 0. The zero-order chi connectivity index (χ0) is 7.71. The number of hydrogen-bond donors (Lipinski definition) is 0. The highest BCUT2D eigenvalue weighted by molar-refractivity contribution is 9.46. The third-order valence-corrected chi connectivity index (χ3v) is 3.61. The van der Waals surface area contributed by atoms with Crippen LogP contribution in [0.2, 0.25) is 0 Å². The summed E-state index contributed by atoms with van der Waals surface area (Å²) in [6, 6.07) is 0. The van der Waals surface area contributed by atoms with Gasteiger partial charge in [0, 0.05) is 0 Å². The molecule has 56 valence electrons. The summed E-state index contributed by atoms with van der Waals surface area (Å²) < 4.78 is -0.604. The lowest BCUT2D eigenvalue weighted by atomic mass is 11.9. The van der Waals surface area contributed by atoms with Gasteiger partial charge in [-0.3, -0.25) is 0 Å². The van der Waals surface area contributed by atoms with Crippen molar-refractivity contribution in [2.45, 2.75) is 2.95 Å². The smallest absolute Gasteiger partial charge is 0.0796 e. The molecule has 0 spiro atoms. The van der Waals surface area contributed by atoms with Crippen LogP contribution in [0.15, 0.2) is 0 Å². The number of rotatable bonds is 0. The topological polar surface area (TPSA) is 0 Å². The van der Waals surface area contributed by atoms with E-state index in [0.29, 0.717) is 0 Å². The Morgan fingerprint density at radius 2 is 0.889 bits per heavy atom. The summed E-state index contributed by atoms with van der Waals surface area (Å²) in [5.41, 5.74) is 0. The van der Waals surface area contributed by atoms with Gasteiger partial charge in [-0.05, 0) is 95.6 Å². The van der Waals surface area contributed by atoms with E-state index in [9.17, 15) is 0 Å².